The number of rotatable bonds is 47. The minimum Gasteiger partial charge on any atom is -0.394 e. The Bertz CT molecular complexity index is 901. The van der Waals surface area contributed by atoms with E-state index in [1.807, 2.05) is 0 Å². The van der Waals surface area contributed by atoms with Gasteiger partial charge in [-0.2, -0.15) is 0 Å². The lowest BCUT2D eigenvalue weighted by Crippen LogP contribution is -2.50. The van der Waals surface area contributed by atoms with Crippen LogP contribution in [0.2, 0.25) is 0 Å². The van der Waals surface area contributed by atoms with E-state index in [4.69, 9.17) is 0 Å². The first-order valence-corrected chi connectivity index (χ1v) is 25.8. The minimum atomic E-state index is -1.17. The SMILES string of the molecule is CCCCCCCCCCCC/C=C/CC/C=C/CCCC(O)C(O)C(CO)NC(=O)CCCCCCCCCCC/C=C\CCCCCCCCCCCCCC. The Morgan fingerprint density at radius 1 is 0.414 bits per heavy atom. The highest BCUT2D eigenvalue weighted by atomic mass is 16.3. The van der Waals surface area contributed by atoms with E-state index < -0.39 is 18.2 Å². The molecule has 0 rings (SSSR count). The zero-order chi connectivity index (χ0) is 42.3. The van der Waals surface area contributed by atoms with Crippen molar-refractivity contribution in [1.82, 2.24) is 5.32 Å². The van der Waals surface area contributed by atoms with Gasteiger partial charge in [0.2, 0.25) is 5.91 Å². The molecule has 0 aliphatic heterocycles. The number of aliphatic hydroxyl groups excluding tert-OH is 3. The first-order chi connectivity index (χ1) is 28.6. The summed E-state index contributed by atoms with van der Waals surface area (Å²) in [6, 6.07) is -0.833. The third kappa shape index (κ3) is 42.7. The molecule has 5 heteroatoms. The van der Waals surface area contributed by atoms with Crippen molar-refractivity contribution in [3.05, 3.63) is 36.5 Å². The Morgan fingerprint density at radius 3 is 1.05 bits per heavy atom. The molecule has 0 saturated carbocycles. The molecule has 4 N–H and O–H groups in total. The van der Waals surface area contributed by atoms with Gasteiger partial charge in [-0.15, -0.1) is 0 Å². The predicted molar refractivity (Wildman–Crippen MR) is 254 cm³/mol. The van der Waals surface area contributed by atoms with Crippen molar-refractivity contribution in [3.63, 3.8) is 0 Å². The summed E-state index contributed by atoms with van der Waals surface area (Å²) in [7, 11) is 0. The second-order valence-corrected chi connectivity index (χ2v) is 17.7. The topological polar surface area (TPSA) is 89.8 Å². The largest absolute Gasteiger partial charge is 0.394 e. The molecule has 0 aliphatic rings. The summed E-state index contributed by atoms with van der Waals surface area (Å²) < 4.78 is 0. The van der Waals surface area contributed by atoms with Crippen LogP contribution in [0.15, 0.2) is 36.5 Å². The van der Waals surface area contributed by atoms with Crippen molar-refractivity contribution in [2.24, 2.45) is 0 Å². The lowest BCUT2D eigenvalue weighted by molar-refractivity contribution is -0.124. The van der Waals surface area contributed by atoms with Crippen molar-refractivity contribution in [2.75, 3.05) is 6.61 Å². The predicted octanol–water partition coefficient (Wildman–Crippen LogP) is 15.5. The summed E-state index contributed by atoms with van der Waals surface area (Å²) in [5.41, 5.74) is 0. The number of aliphatic hydroxyl groups is 3. The summed E-state index contributed by atoms with van der Waals surface area (Å²) in [6.07, 6.45) is 61.4. The number of carbonyl (C=O) groups is 1. The van der Waals surface area contributed by atoms with Gasteiger partial charge < -0.3 is 20.6 Å². The van der Waals surface area contributed by atoms with Gasteiger partial charge in [0.05, 0.1) is 18.8 Å². The zero-order valence-corrected chi connectivity index (χ0v) is 38.9. The molecule has 0 bridgehead atoms. The van der Waals surface area contributed by atoms with Crippen molar-refractivity contribution in [2.45, 2.75) is 289 Å². The Hall–Kier alpha value is -1.43. The molecule has 0 saturated heterocycles. The smallest absolute Gasteiger partial charge is 0.220 e. The number of nitrogens with one attached hydrogen (secondary N) is 1. The Balaban J connectivity index is 3.62. The lowest BCUT2D eigenvalue weighted by atomic mass is 10.0. The molecule has 0 aliphatic carbocycles. The fourth-order valence-corrected chi connectivity index (χ4v) is 7.94. The third-order valence-corrected chi connectivity index (χ3v) is 11.9. The number of carbonyl (C=O) groups excluding carboxylic acids is 1. The van der Waals surface area contributed by atoms with E-state index in [0.29, 0.717) is 12.8 Å². The minimum absolute atomic E-state index is 0.158. The van der Waals surface area contributed by atoms with Gasteiger partial charge in [-0.3, -0.25) is 4.79 Å². The standard InChI is InChI=1S/C53H101NO4/c1-3-5-7-9-11-13-15-17-19-21-23-24-25-26-27-28-30-32-34-36-38-40-42-44-46-48-52(57)54-50(49-55)53(58)51(56)47-45-43-41-39-37-35-33-31-29-22-20-18-16-14-12-10-8-6-4-2/h26-27,31,33,39,41,50-51,53,55-56,58H,3-25,28-30,32,34-38,40,42-49H2,1-2H3,(H,54,57)/b27-26-,33-31+,41-39+. The van der Waals surface area contributed by atoms with Crippen LogP contribution in [0.5, 0.6) is 0 Å². The first kappa shape index (κ1) is 56.6. The number of hydrogen-bond donors (Lipinski definition) is 4. The molecule has 0 aromatic heterocycles. The van der Waals surface area contributed by atoms with Crippen LogP contribution in [-0.2, 0) is 4.79 Å². The van der Waals surface area contributed by atoms with E-state index in [-0.39, 0.29) is 12.5 Å². The van der Waals surface area contributed by atoms with Crippen molar-refractivity contribution in [3.8, 4) is 0 Å². The highest BCUT2D eigenvalue weighted by molar-refractivity contribution is 5.76. The average Bonchev–Trinajstić information content (AvgIpc) is 3.23. The molecule has 0 aromatic carbocycles. The van der Waals surface area contributed by atoms with Gasteiger partial charge >= 0.3 is 0 Å². The van der Waals surface area contributed by atoms with Gasteiger partial charge in [0, 0.05) is 6.42 Å². The molecule has 0 heterocycles. The summed E-state index contributed by atoms with van der Waals surface area (Å²) >= 11 is 0. The van der Waals surface area contributed by atoms with Gasteiger partial charge in [-0.05, 0) is 77.0 Å². The molecule has 1 amide bonds. The molecule has 0 fully saturated rings. The van der Waals surface area contributed by atoms with Gasteiger partial charge in [0.15, 0.2) is 0 Å². The van der Waals surface area contributed by atoms with Crippen molar-refractivity contribution >= 4 is 5.91 Å². The van der Waals surface area contributed by atoms with Crippen molar-refractivity contribution in [1.29, 1.82) is 0 Å². The summed E-state index contributed by atoms with van der Waals surface area (Å²) in [5.74, 6) is -0.158. The Kier molecular flexibility index (Phi) is 47.0. The van der Waals surface area contributed by atoms with Crippen LogP contribution in [0.25, 0.3) is 0 Å². The van der Waals surface area contributed by atoms with Gasteiger partial charge in [0.25, 0.3) is 0 Å². The van der Waals surface area contributed by atoms with E-state index in [9.17, 15) is 20.1 Å². The Labute approximate surface area is 362 Å². The highest BCUT2D eigenvalue weighted by Gasteiger charge is 2.26. The molecule has 3 unspecified atom stereocenters. The average molecular weight is 816 g/mol. The molecule has 0 spiro atoms. The molecule has 342 valence electrons. The zero-order valence-electron chi connectivity index (χ0n) is 38.9. The van der Waals surface area contributed by atoms with E-state index in [1.165, 1.54) is 199 Å². The normalized spacial score (nSPS) is 13.7. The van der Waals surface area contributed by atoms with Crippen LogP contribution >= 0.6 is 0 Å². The van der Waals surface area contributed by atoms with Crippen molar-refractivity contribution < 1.29 is 20.1 Å². The third-order valence-electron chi connectivity index (χ3n) is 11.9. The number of allylic oxidation sites excluding steroid dienone is 6. The molecule has 5 nitrogen and oxygen atoms in total. The molecule has 0 aromatic rings. The van der Waals surface area contributed by atoms with Gasteiger partial charge in [-0.25, -0.2) is 0 Å². The fourth-order valence-electron chi connectivity index (χ4n) is 7.94. The van der Waals surface area contributed by atoms with E-state index in [2.05, 4.69) is 55.6 Å². The van der Waals surface area contributed by atoms with Crippen LogP contribution < -0.4 is 5.32 Å². The lowest BCUT2D eigenvalue weighted by Gasteiger charge is -2.26. The Morgan fingerprint density at radius 2 is 0.707 bits per heavy atom. The van der Waals surface area contributed by atoms with Crippen LogP contribution in [0.3, 0.4) is 0 Å². The maximum atomic E-state index is 12.5. The van der Waals surface area contributed by atoms with Gasteiger partial charge in [0.1, 0.15) is 6.10 Å². The molecular formula is C53H101NO4. The monoisotopic (exact) mass is 816 g/mol. The highest BCUT2D eigenvalue weighted by Crippen LogP contribution is 2.16. The maximum Gasteiger partial charge on any atom is 0.220 e. The van der Waals surface area contributed by atoms with E-state index in [0.717, 1.165) is 44.9 Å². The number of hydrogen-bond acceptors (Lipinski definition) is 4. The molecule has 0 radical (unpaired) electrons. The van der Waals surface area contributed by atoms with Gasteiger partial charge in [-0.1, -0.05) is 224 Å². The van der Waals surface area contributed by atoms with Crippen LogP contribution in [0.1, 0.15) is 271 Å². The van der Waals surface area contributed by atoms with E-state index >= 15 is 0 Å². The number of unbranched alkanes of at least 4 members (excludes halogenated alkanes) is 33. The van der Waals surface area contributed by atoms with Crippen LogP contribution in [0.4, 0.5) is 0 Å². The van der Waals surface area contributed by atoms with E-state index in [1.54, 1.807) is 0 Å². The molecular weight excluding hydrogens is 715 g/mol. The number of amides is 1. The summed E-state index contributed by atoms with van der Waals surface area (Å²) in [4.78, 5) is 12.5. The van der Waals surface area contributed by atoms with Crippen LogP contribution in [-0.4, -0.2) is 46.1 Å². The summed E-state index contributed by atoms with van der Waals surface area (Å²) in [6.45, 7) is 4.18. The second-order valence-electron chi connectivity index (χ2n) is 17.7. The van der Waals surface area contributed by atoms with Crippen LogP contribution in [0, 0.1) is 0 Å². The molecule has 3 atom stereocenters. The molecule has 58 heavy (non-hydrogen) atoms. The quantitative estimate of drug-likeness (QED) is 0.0364. The first-order valence-electron chi connectivity index (χ1n) is 25.8. The maximum absolute atomic E-state index is 12.5. The summed E-state index contributed by atoms with van der Waals surface area (Å²) in [5, 5.41) is 33.6. The fraction of sp³-hybridized carbons (Fsp3) is 0.868. The second kappa shape index (κ2) is 48.2.